The number of hydrogen-bond acceptors (Lipinski definition) is 7. The summed E-state index contributed by atoms with van der Waals surface area (Å²) < 4.78 is 13.2. The van der Waals surface area contributed by atoms with Crippen LogP contribution in [0.1, 0.15) is 11.3 Å². The van der Waals surface area contributed by atoms with Crippen LogP contribution in [0.3, 0.4) is 0 Å². The Bertz CT molecular complexity index is 932. The second-order valence-electron chi connectivity index (χ2n) is 6.57. The maximum absolute atomic E-state index is 13.2. The summed E-state index contributed by atoms with van der Waals surface area (Å²) in [5.74, 6) is -0.0754. The van der Waals surface area contributed by atoms with Crippen LogP contribution < -0.4 is 21.7 Å². The van der Waals surface area contributed by atoms with Gasteiger partial charge in [-0.2, -0.15) is 0 Å². The van der Waals surface area contributed by atoms with Gasteiger partial charge in [0.1, 0.15) is 11.6 Å². The van der Waals surface area contributed by atoms with Crippen molar-refractivity contribution < 1.29 is 14.0 Å². The summed E-state index contributed by atoms with van der Waals surface area (Å²) >= 11 is 1.25. The molecular weight excluding hydrogens is 397 g/mol. The van der Waals surface area contributed by atoms with Gasteiger partial charge < -0.3 is 26.2 Å². The lowest BCUT2D eigenvalue weighted by molar-refractivity contribution is -0.135. The van der Waals surface area contributed by atoms with Gasteiger partial charge in [-0.3, -0.25) is 10.1 Å². The zero-order valence-corrected chi connectivity index (χ0v) is 16.8. The molecular formula is C18H22FN7O2S. The van der Waals surface area contributed by atoms with Gasteiger partial charge in [-0.05, 0) is 17.7 Å². The first-order chi connectivity index (χ1) is 13.8. The molecule has 1 unspecified atom stereocenters. The summed E-state index contributed by atoms with van der Waals surface area (Å²) in [5, 5.41) is 10.3. The number of likely N-dealkylation sites (N-methyl/N-ethyl adjacent to an activating group) is 2. The first-order valence-corrected chi connectivity index (χ1v) is 9.64. The third-order valence-electron chi connectivity index (χ3n) is 4.18. The van der Waals surface area contributed by atoms with E-state index in [1.54, 1.807) is 42.7 Å². The fourth-order valence-electron chi connectivity index (χ4n) is 2.76. The predicted octanol–water partition coefficient (Wildman–Crippen LogP) is 1.18. The molecule has 1 aliphatic heterocycles. The summed E-state index contributed by atoms with van der Waals surface area (Å²) in [6.45, 7) is 0.478. The highest BCUT2D eigenvalue weighted by Crippen LogP contribution is 2.17. The van der Waals surface area contributed by atoms with Crippen molar-refractivity contribution in [1.29, 1.82) is 0 Å². The quantitative estimate of drug-likeness (QED) is 0.559. The van der Waals surface area contributed by atoms with Gasteiger partial charge >= 0.3 is 6.03 Å². The van der Waals surface area contributed by atoms with Crippen LogP contribution in [0.5, 0.6) is 0 Å². The van der Waals surface area contributed by atoms with Gasteiger partial charge in [0.25, 0.3) is 5.91 Å². The van der Waals surface area contributed by atoms with Crippen molar-refractivity contribution in [3.05, 3.63) is 58.7 Å². The number of carbonyl (C=O) groups is 2. The molecule has 0 aliphatic carbocycles. The fraction of sp³-hybridized carbons (Fsp3) is 0.278. The number of nitrogens with one attached hydrogen (secondary N) is 3. The van der Waals surface area contributed by atoms with Gasteiger partial charge in [0, 0.05) is 32.2 Å². The molecule has 1 aromatic carbocycles. The second kappa shape index (κ2) is 8.78. The highest BCUT2D eigenvalue weighted by Gasteiger charge is 2.29. The minimum Gasteiger partial charge on any atom is -0.384 e. The van der Waals surface area contributed by atoms with Crippen molar-refractivity contribution >= 4 is 28.4 Å². The summed E-state index contributed by atoms with van der Waals surface area (Å²) in [6, 6.07) is 5.55. The number of rotatable bonds is 6. The predicted molar refractivity (Wildman–Crippen MR) is 108 cm³/mol. The molecule has 0 spiro atoms. The second-order valence-corrected chi connectivity index (χ2v) is 7.43. The number of benzene rings is 1. The smallest absolute Gasteiger partial charge is 0.321 e. The van der Waals surface area contributed by atoms with Crippen LogP contribution in [-0.2, 0) is 17.9 Å². The molecule has 3 amide bonds. The van der Waals surface area contributed by atoms with E-state index in [1.807, 2.05) is 0 Å². The SMILES string of the molecule is CN(Cc1csc(NC(=O)NCc2cccc(F)c2)n1)C(=O)C1NC(N)=CN1C. The molecule has 0 saturated carbocycles. The van der Waals surface area contributed by atoms with Crippen molar-refractivity contribution in [1.82, 2.24) is 25.4 Å². The molecule has 2 aromatic rings. The molecule has 5 N–H and O–H groups in total. The molecule has 1 aliphatic rings. The number of hydrogen-bond donors (Lipinski definition) is 4. The summed E-state index contributed by atoms with van der Waals surface area (Å²) in [7, 11) is 3.43. The topological polar surface area (TPSA) is 116 Å². The number of amides is 3. The normalized spacial score (nSPS) is 15.5. The van der Waals surface area contributed by atoms with Gasteiger partial charge in [0.2, 0.25) is 0 Å². The highest BCUT2D eigenvalue weighted by atomic mass is 32.1. The van der Waals surface area contributed by atoms with Gasteiger partial charge in [-0.15, -0.1) is 11.3 Å². The lowest BCUT2D eigenvalue weighted by Gasteiger charge is -2.25. The van der Waals surface area contributed by atoms with Gasteiger partial charge in [-0.25, -0.2) is 14.2 Å². The molecule has 0 saturated heterocycles. The Morgan fingerprint density at radius 2 is 2.24 bits per heavy atom. The van der Waals surface area contributed by atoms with Gasteiger partial charge in [0.15, 0.2) is 11.3 Å². The number of carbonyl (C=O) groups excluding carboxylic acids is 2. The number of thiazole rings is 1. The van der Waals surface area contributed by atoms with Gasteiger partial charge in [-0.1, -0.05) is 12.1 Å². The van der Waals surface area contributed by atoms with Crippen molar-refractivity contribution in [2.24, 2.45) is 5.73 Å². The molecule has 2 heterocycles. The maximum atomic E-state index is 13.2. The standard InChI is InChI=1S/C18H22FN7O2S/c1-25-9-14(20)23-15(25)16(27)26(2)8-13-10-29-18(22-13)24-17(28)21-7-11-4-3-5-12(19)6-11/h3-6,9-10,15,23H,7-8,20H2,1-2H3,(H2,21,22,24,28). The van der Waals surface area contributed by atoms with E-state index >= 15 is 0 Å². The Hall–Kier alpha value is -3.34. The van der Waals surface area contributed by atoms with Crippen LogP contribution in [-0.4, -0.2) is 47.0 Å². The third kappa shape index (κ3) is 5.35. The van der Waals surface area contributed by atoms with Crippen molar-refractivity contribution in [2.75, 3.05) is 19.4 Å². The van der Waals surface area contributed by atoms with Crippen LogP contribution in [0.2, 0.25) is 0 Å². The average Bonchev–Trinajstić information content (AvgIpc) is 3.24. The van der Waals surface area contributed by atoms with Crippen molar-refractivity contribution in [3.63, 3.8) is 0 Å². The molecule has 1 atom stereocenters. The van der Waals surface area contributed by atoms with E-state index in [-0.39, 0.29) is 24.8 Å². The minimum absolute atomic E-state index is 0.153. The number of anilines is 1. The Balaban J connectivity index is 1.48. The fourth-order valence-corrected chi connectivity index (χ4v) is 3.46. The van der Waals surface area contributed by atoms with Crippen LogP contribution >= 0.6 is 11.3 Å². The molecule has 0 bridgehead atoms. The van der Waals surface area contributed by atoms with E-state index in [4.69, 9.17) is 5.73 Å². The van der Waals surface area contributed by atoms with E-state index in [2.05, 4.69) is 20.9 Å². The Morgan fingerprint density at radius 1 is 1.45 bits per heavy atom. The third-order valence-corrected chi connectivity index (χ3v) is 4.98. The number of halogens is 1. The first-order valence-electron chi connectivity index (χ1n) is 8.76. The van der Waals surface area contributed by atoms with Crippen LogP contribution in [0.4, 0.5) is 14.3 Å². The van der Waals surface area contributed by atoms with Gasteiger partial charge in [0.05, 0.1) is 12.2 Å². The molecule has 9 nitrogen and oxygen atoms in total. The number of nitrogens with two attached hydrogens (primary N) is 1. The molecule has 1 aromatic heterocycles. The Labute approximate surface area is 171 Å². The minimum atomic E-state index is -0.551. The van der Waals surface area contributed by atoms with E-state index in [0.29, 0.717) is 22.2 Å². The van der Waals surface area contributed by atoms with Crippen LogP contribution in [0.15, 0.2) is 41.7 Å². The number of aromatic nitrogens is 1. The molecule has 11 heteroatoms. The zero-order valence-electron chi connectivity index (χ0n) is 16.0. The summed E-state index contributed by atoms with van der Waals surface area (Å²) in [4.78, 5) is 32.1. The molecule has 154 valence electrons. The van der Waals surface area contributed by atoms with Crippen LogP contribution in [0.25, 0.3) is 0 Å². The molecule has 0 fully saturated rings. The monoisotopic (exact) mass is 419 g/mol. The lowest BCUT2D eigenvalue weighted by atomic mass is 10.2. The largest absolute Gasteiger partial charge is 0.384 e. The summed E-state index contributed by atoms with van der Waals surface area (Å²) in [5.41, 5.74) is 6.99. The van der Waals surface area contributed by atoms with E-state index in [1.165, 1.54) is 28.4 Å². The van der Waals surface area contributed by atoms with Crippen molar-refractivity contribution in [2.45, 2.75) is 19.3 Å². The summed E-state index contributed by atoms with van der Waals surface area (Å²) in [6.07, 6.45) is 1.11. The Kier molecular flexibility index (Phi) is 6.17. The van der Waals surface area contributed by atoms with Crippen LogP contribution in [0, 0.1) is 5.82 Å². The Morgan fingerprint density at radius 3 is 2.93 bits per heavy atom. The average molecular weight is 419 g/mol. The zero-order chi connectivity index (χ0) is 21.0. The van der Waals surface area contributed by atoms with E-state index in [9.17, 15) is 14.0 Å². The molecule has 0 radical (unpaired) electrons. The number of urea groups is 1. The van der Waals surface area contributed by atoms with E-state index in [0.717, 1.165) is 0 Å². The molecule has 3 rings (SSSR count). The lowest BCUT2D eigenvalue weighted by Crippen LogP contribution is -2.48. The first kappa shape index (κ1) is 20.4. The maximum Gasteiger partial charge on any atom is 0.321 e. The number of nitrogens with zero attached hydrogens (tertiary/aromatic N) is 3. The van der Waals surface area contributed by atoms with E-state index < -0.39 is 12.2 Å². The molecule has 29 heavy (non-hydrogen) atoms. The highest BCUT2D eigenvalue weighted by molar-refractivity contribution is 7.13. The van der Waals surface area contributed by atoms with Crippen molar-refractivity contribution in [3.8, 4) is 0 Å².